The molecule has 33 heavy (non-hydrogen) atoms. The number of hydrogen-bond donors (Lipinski definition) is 1. The van der Waals surface area contributed by atoms with E-state index in [1.165, 1.54) is 16.0 Å². The monoisotopic (exact) mass is 483 g/mol. The Balaban J connectivity index is 1.14. The second kappa shape index (κ2) is 9.89. The molecular formula is C25H29N3O3S2. The largest absolute Gasteiger partial charge is 0.497 e. The van der Waals surface area contributed by atoms with Crippen molar-refractivity contribution in [1.29, 1.82) is 0 Å². The van der Waals surface area contributed by atoms with Crippen molar-refractivity contribution in [3.63, 3.8) is 0 Å². The van der Waals surface area contributed by atoms with E-state index in [4.69, 9.17) is 9.72 Å². The lowest BCUT2D eigenvalue weighted by molar-refractivity contribution is -0.131. The minimum Gasteiger partial charge on any atom is -0.497 e. The fourth-order valence-electron chi connectivity index (χ4n) is 5.03. The number of aryl methyl sites for hydroxylation is 2. The first-order valence-electron chi connectivity index (χ1n) is 11.7. The molecule has 2 aliphatic rings. The molecule has 5 rings (SSSR count). The van der Waals surface area contributed by atoms with E-state index in [0.29, 0.717) is 18.0 Å². The maximum Gasteiger partial charge on any atom is 0.259 e. The van der Waals surface area contributed by atoms with E-state index in [-0.39, 0.29) is 17.5 Å². The van der Waals surface area contributed by atoms with Crippen molar-refractivity contribution in [3.05, 3.63) is 56.4 Å². The van der Waals surface area contributed by atoms with Crippen LogP contribution in [-0.2, 0) is 29.8 Å². The zero-order valence-electron chi connectivity index (χ0n) is 18.9. The lowest BCUT2D eigenvalue weighted by Crippen LogP contribution is -2.37. The molecule has 1 unspecified atom stereocenters. The molecule has 8 heteroatoms. The summed E-state index contributed by atoms with van der Waals surface area (Å²) < 4.78 is 5.33. The van der Waals surface area contributed by atoms with Crippen molar-refractivity contribution in [2.45, 2.75) is 56.7 Å². The van der Waals surface area contributed by atoms with E-state index in [1.54, 1.807) is 30.2 Å². The fraction of sp³-hybridized carbons (Fsp3) is 0.480. The maximum atomic E-state index is 12.9. The van der Waals surface area contributed by atoms with Gasteiger partial charge in [0.25, 0.3) is 5.56 Å². The average molecular weight is 484 g/mol. The van der Waals surface area contributed by atoms with Crippen molar-refractivity contribution < 1.29 is 9.53 Å². The Labute approximate surface area is 201 Å². The van der Waals surface area contributed by atoms with Crippen molar-refractivity contribution in [3.8, 4) is 5.75 Å². The minimum atomic E-state index is -0.0106. The first-order chi connectivity index (χ1) is 16.1. The summed E-state index contributed by atoms with van der Waals surface area (Å²) in [5.74, 6) is 3.14. The number of thiophene rings is 1. The van der Waals surface area contributed by atoms with Gasteiger partial charge >= 0.3 is 0 Å². The summed E-state index contributed by atoms with van der Waals surface area (Å²) in [7, 11) is 1.68. The smallest absolute Gasteiger partial charge is 0.259 e. The van der Waals surface area contributed by atoms with Gasteiger partial charge in [0.15, 0.2) is 0 Å². The van der Waals surface area contributed by atoms with Gasteiger partial charge in [0.2, 0.25) is 5.91 Å². The predicted octanol–water partition coefficient (Wildman–Crippen LogP) is 4.34. The molecule has 1 aliphatic carbocycles. The molecule has 1 amide bonds. The number of benzene rings is 1. The molecule has 2 aromatic heterocycles. The molecule has 1 saturated heterocycles. The number of likely N-dealkylation sites (tertiary alicyclic amines) is 1. The molecule has 0 radical (unpaired) electrons. The van der Waals surface area contributed by atoms with Crippen LogP contribution in [0.3, 0.4) is 0 Å². The van der Waals surface area contributed by atoms with Crippen molar-refractivity contribution in [1.82, 2.24) is 14.9 Å². The Kier molecular flexibility index (Phi) is 6.74. The van der Waals surface area contributed by atoms with E-state index in [9.17, 15) is 9.59 Å². The van der Waals surface area contributed by atoms with E-state index in [2.05, 4.69) is 22.0 Å². The number of carbonyl (C=O) groups is 1. The molecule has 0 bridgehead atoms. The van der Waals surface area contributed by atoms with E-state index in [1.807, 2.05) is 12.1 Å². The highest BCUT2D eigenvalue weighted by atomic mass is 32.2. The molecule has 3 aromatic rings. The van der Waals surface area contributed by atoms with Gasteiger partial charge in [-0.1, -0.05) is 12.1 Å². The highest BCUT2D eigenvalue weighted by Crippen LogP contribution is 2.34. The number of fused-ring (bicyclic) bond motifs is 3. The van der Waals surface area contributed by atoms with E-state index < -0.39 is 0 Å². The van der Waals surface area contributed by atoms with Crippen molar-refractivity contribution >= 4 is 39.2 Å². The van der Waals surface area contributed by atoms with Gasteiger partial charge < -0.3 is 14.6 Å². The van der Waals surface area contributed by atoms with Crippen LogP contribution >= 0.6 is 23.1 Å². The SMILES string of the molecule is COc1cccc(CC2CCCN2C(=O)CCSCc2nc3sc4c(c3c(=O)[nH]2)CCC4)c1. The summed E-state index contributed by atoms with van der Waals surface area (Å²) >= 11 is 3.33. The standard InChI is InChI=1S/C25H29N3O3S2/c1-31-18-7-2-5-16(14-18)13-17-6-4-11-28(17)22(29)10-12-32-15-21-26-24(30)23-19-8-3-9-20(19)33-25(23)27-21/h2,5,7,14,17H,3-4,6,8-13,15H2,1H3,(H,26,27,30). The molecule has 6 nitrogen and oxygen atoms in total. The van der Waals surface area contributed by atoms with Gasteiger partial charge in [0.05, 0.1) is 18.2 Å². The molecular weight excluding hydrogens is 454 g/mol. The first-order valence-corrected chi connectivity index (χ1v) is 13.6. The fourth-order valence-corrected chi connectivity index (χ4v) is 7.11. The maximum absolute atomic E-state index is 12.9. The van der Waals surface area contributed by atoms with Gasteiger partial charge in [-0.15, -0.1) is 11.3 Å². The molecule has 0 spiro atoms. The Morgan fingerprint density at radius 3 is 3.12 bits per heavy atom. The summed E-state index contributed by atoms with van der Waals surface area (Å²) in [6.45, 7) is 0.840. The van der Waals surface area contributed by atoms with Crippen LogP contribution in [0.1, 0.15) is 47.5 Å². The number of hydrogen-bond acceptors (Lipinski definition) is 6. The van der Waals surface area contributed by atoms with Crippen LogP contribution in [0, 0.1) is 0 Å². The lowest BCUT2D eigenvalue weighted by Gasteiger charge is -2.25. The number of aromatic amines is 1. The molecule has 0 saturated carbocycles. The highest BCUT2D eigenvalue weighted by Gasteiger charge is 2.28. The third kappa shape index (κ3) is 4.82. The van der Waals surface area contributed by atoms with E-state index in [0.717, 1.165) is 66.8 Å². The minimum absolute atomic E-state index is 0.0106. The number of amides is 1. The number of rotatable bonds is 8. The zero-order valence-corrected chi connectivity index (χ0v) is 20.5. The number of aromatic nitrogens is 2. The van der Waals surface area contributed by atoms with Crippen LogP contribution < -0.4 is 10.3 Å². The van der Waals surface area contributed by atoms with Crippen LogP contribution in [0.2, 0.25) is 0 Å². The molecule has 3 heterocycles. The molecule has 174 valence electrons. The summed E-state index contributed by atoms with van der Waals surface area (Å²) in [5.41, 5.74) is 2.41. The van der Waals surface area contributed by atoms with Crippen LogP contribution in [0.4, 0.5) is 0 Å². The quantitative estimate of drug-likeness (QED) is 0.483. The normalized spacial score (nSPS) is 17.6. The summed E-state index contributed by atoms with van der Waals surface area (Å²) in [4.78, 5) is 37.4. The zero-order chi connectivity index (χ0) is 22.8. The summed E-state index contributed by atoms with van der Waals surface area (Å²) in [5, 5.41) is 0.799. The number of nitrogens with zero attached hydrogens (tertiary/aromatic N) is 2. The van der Waals surface area contributed by atoms with Gasteiger partial charge in [0.1, 0.15) is 16.4 Å². The first kappa shape index (κ1) is 22.5. The molecule has 1 aromatic carbocycles. The van der Waals surface area contributed by atoms with Gasteiger partial charge in [-0.05, 0) is 61.8 Å². The Morgan fingerprint density at radius 1 is 1.33 bits per heavy atom. The second-order valence-electron chi connectivity index (χ2n) is 8.79. The molecule has 1 atom stereocenters. The van der Waals surface area contributed by atoms with E-state index >= 15 is 0 Å². The number of carbonyl (C=O) groups excluding carboxylic acids is 1. The third-order valence-electron chi connectivity index (χ3n) is 6.63. The number of H-pyrrole nitrogens is 1. The summed E-state index contributed by atoms with van der Waals surface area (Å²) in [6, 6.07) is 8.38. The van der Waals surface area contributed by atoms with Gasteiger partial charge in [-0.25, -0.2) is 4.98 Å². The number of nitrogens with one attached hydrogen (secondary N) is 1. The number of ether oxygens (including phenoxy) is 1. The lowest BCUT2D eigenvalue weighted by atomic mass is 10.0. The average Bonchev–Trinajstić information content (AvgIpc) is 3.53. The Morgan fingerprint density at radius 2 is 2.24 bits per heavy atom. The molecule has 1 aliphatic heterocycles. The Hall–Kier alpha value is -2.32. The summed E-state index contributed by atoms with van der Waals surface area (Å²) in [6.07, 6.45) is 6.68. The predicted molar refractivity (Wildman–Crippen MR) is 134 cm³/mol. The number of methoxy groups -OCH3 is 1. The number of thioether (sulfide) groups is 1. The van der Waals surface area contributed by atoms with Gasteiger partial charge in [0, 0.05) is 29.6 Å². The highest BCUT2D eigenvalue weighted by molar-refractivity contribution is 7.98. The van der Waals surface area contributed by atoms with Crippen LogP contribution in [-0.4, -0.2) is 46.2 Å². The van der Waals surface area contributed by atoms with Crippen molar-refractivity contribution in [2.24, 2.45) is 0 Å². The second-order valence-corrected chi connectivity index (χ2v) is 11.0. The van der Waals surface area contributed by atoms with Crippen molar-refractivity contribution in [2.75, 3.05) is 19.4 Å². The van der Waals surface area contributed by atoms with Gasteiger partial charge in [-0.2, -0.15) is 11.8 Å². The van der Waals surface area contributed by atoms with Crippen LogP contribution in [0.5, 0.6) is 5.75 Å². The third-order valence-corrected chi connectivity index (χ3v) is 8.78. The molecule has 1 N–H and O–H groups in total. The van der Waals surface area contributed by atoms with Crippen LogP contribution in [0.15, 0.2) is 29.1 Å². The van der Waals surface area contributed by atoms with Gasteiger partial charge in [-0.3, -0.25) is 9.59 Å². The Bertz CT molecular complexity index is 1220. The van der Waals surface area contributed by atoms with Crippen LogP contribution in [0.25, 0.3) is 10.2 Å². The molecule has 1 fully saturated rings. The topological polar surface area (TPSA) is 75.3 Å².